The highest BCUT2D eigenvalue weighted by Gasteiger charge is 2.05. The van der Waals surface area contributed by atoms with Crippen molar-refractivity contribution in [2.45, 2.75) is 11.3 Å². The second-order valence-corrected chi connectivity index (χ2v) is 6.96. The van der Waals surface area contributed by atoms with Crippen LogP contribution in [0, 0.1) is 0 Å². The molecule has 0 aromatic heterocycles. The quantitative estimate of drug-likeness (QED) is 0.273. The normalized spacial score (nSPS) is 10.6. The fraction of sp³-hybridized carbons (Fsp3) is 0.200. The number of amides is 1. The highest BCUT2D eigenvalue weighted by molar-refractivity contribution is 7.99. The molecular weight excluding hydrogens is 384 g/mol. The fourth-order valence-electron chi connectivity index (χ4n) is 2.06. The van der Waals surface area contributed by atoms with Gasteiger partial charge in [0.25, 0.3) is 0 Å². The molecule has 0 fully saturated rings. The van der Waals surface area contributed by atoms with E-state index < -0.39 is 0 Å². The summed E-state index contributed by atoms with van der Waals surface area (Å²) in [6, 6.07) is 12.9. The van der Waals surface area contributed by atoms with Crippen LogP contribution in [-0.4, -0.2) is 31.6 Å². The first-order valence-electron chi connectivity index (χ1n) is 8.24. The summed E-state index contributed by atoms with van der Waals surface area (Å²) in [5, 5.41) is 4.68. The van der Waals surface area contributed by atoms with Gasteiger partial charge in [0, 0.05) is 22.1 Å². The lowest BCUT2D eigenvalue weighted by Gasteiger charge is -2.09. The van der Waals surface area contributed by atoms with Gasteiger partial charge in [-0.15, -0.1) is 11.8 Å². The second kappa shape index (κ2) is 11.3. The van der Waals surface area contributed by atoms with E-state index >= 15 is 0 Å². The Bertz CT molecular complexity index is 794. The number of thioether (sulfide) groups is 1. The zero-order valence-corrected chi connectivity index (χ0v) is 16.6. The molecule has 1 N–H and O–H groups in total. The molecule has 27 heavy (non-hydrogen) atoms. The van der Waals surface area contributed by atoms with Crippen molar-refractivity contribution >= 4 is 35.5 Å². The molecule has 0 unspecified atom stereocenters. The van der Waals surface area contributed by atoms with E-state index in [1.165, 1.54) is 0 Å². The number of rotatable bonds is 10. The summed E-state index contributed by atoms with van der Waals surface area (Å²) in [6.45, 7) is 4.01. The Labute approximate surface area is 168 Å². The van der Waals surface area contributed by atoms with E-state index in [-0.39, 0.29) is 5.91 Å². The van der Waals surface area contributed by atoms with Crippen LogP contribution in [0.5, 0.6) is 11.5 Å². The summed E-state index contributed by atoms with van der Waals surface area (Å²) in [5.41, 5.74) is 3.31. The van der Waals surface area contributed by atoms with E-state index in [2.05, 4.69) is 17.1 Å². The molecule has 2 rings (SSSR count). The van der Waals surface area contributed by atoms with Gasteiger partial charge in [0.1, 0.15) is 6.61 Å². The Morgan fingerprint density at radius 1 is 1.26 bits per heavy atom. The minimum Gasteiger partial charge on any atom is -0.493 e. The number of nitrogens with one attached hydrogen (secondary N) is 1. The van der Waals surface area contributed by atoms with E-state index in [4.69, 9.17) is 21.1 Å². The predicted molar refractivity (Wildman–Crippen MR) is 111 cm³/mol. The molecule has 0 saturated heterocycles. The molecule has 0 aliphatic heterocycles. The SMILES string of the molecule is C=CCOc1ccc(/C=N/NC(=O)CCSc2ccc(Cl)cc2)cc1OC. The molecule has 142 valence electrons. The minimum absolute atomic E-state index is 0.148. The van der Waals surface area contributed by atoms with E-state index in [0.29, 0.717) is 35.3 Å². The molecule has 0 radical (unpaired) electrons. The molecule has 5 nitrogen and oxygen atoms in total. The molecular formula is C20H21ClN2O3S. The molecule has 0 bridgehead atoms. The Morgan fingerprint density at radius 3 is 2.74 bits per heavy atom. The largest absolute Gasteiger partial charge is 0.493 e. The van der Waals surface area contributed by atoms with Gasteiger partial charge in [-0.05, 0) is 48.0 Å². The first-order chi connectivity index (χ1) is 13.1. The maximum atomic E-state index is 11.9. The molecule has 2 aromatic rings. The smallest absolute Gasteiger partial charge is 0.240 e. The summed E-state index contributed by atoms with van der Waals surface area (Å²) >= 11 is 7.44. The number of hydrogen-bond acceptors (Lipinski definition) is 5. The van der Waals surface area contributed by atoms with Crippen LogP contribution in [0.15, 0.2) is 65.1 Å². The van der Waals surface area contributed by atoms with Crippen LogP contribution in [0.2, 0.25) is 5.02 Å². The summed E-state index contributed by atoms with van der Waals surface area (Å²) in [7, 11) is 1.57. The molecule has 1 amide bonds. The number of carbonyl (C=O) groups excluding carboxylic acids is 1. The van der Waals surface area contributed by atoms with Crippen molar-refractivity contribution in [3.63, 3.8) is 0 Å². The average molecular weight is 405 g/mol. The topological polar surface area (TPSA) is 59.9 Å². The second-order valence-electron chi connectivity index (χ2n) is 5.36. The van der Waals surface area contributed by atoms with E-state index in [9.17, 15) is 4.79 Å². The summed E-state index contributed by atoms with van der Waals surface area (Å²) < 4.78 is 10.8. The van der Waals surface area contributed by atoms with Crippen LogP contribution in [0.25, 0.3) is 0 Å². The van der Waals surface area contributed by atoms with Crippen molar-refractivity contribution in [2.75, 3.05) is 19.5 Å². The third-order valence-corrected chi connectivity index (χ3v) is 4.62. The molecule has 0 atom stereocenters. The first kappa shape index (κ1) is 20.9. The van der Waals surface area contributed by atoms with Gasteiger partial charge in [0.2, 0.25) is 5.91 Å². The number of hydrogen-bond donors (Lipinski definition) is 1. The minimum atomic E-state index is -0.148. The average Bonchev–Trinajstić information content (AvgIpc) is 2.68. The number of carbonyl (C=O) groups is 1. The summed E-state index contributed by atoms with van der Waals surface area (Å²) in [5.74, 6) is 1.72. The van der Waals surface area contributed by atoms with Crippen LogP contribution in [0.1, 0.15) is 12.0 Å². The molecule has 2 aromatic carbocycles. The fourth-order valence-corrected chi connectivity index (χ4v) is 3.04. The third-order valence-electron chi connectivity index (χ3n) is 3.36. The van der Waals surface area contributed by atoms with Crippen molar-refractivity contribution in [3.05, 3.63) is 65.7 Å². The predicted octanol–water partition coefficient (Wildman–Crippen LogP) is 4.55. The standard InChI is InChI=1S/C20H21ClN2O3S/c1-3-11-26-18-9-4-15(13-19(18)25-2)14-22-23-20(24)10-12-27-17-7-5-16(21)6-8-17/h3-9,13-14H,1,10-12H2,2H3,(H,23,24)/b22-14+. The van der Waals surface area contributed by atoms with Gasteiger partial charge in [0.15, 0.2) is 11.5 Å². The van der Waals surface area contributed by atoms with Crippen LogP contribution in [0.4, 0.5) is 0 Å². The van der Waals surface area contributed by atoms with Gasteiger partial charge < -0.3 is 9.47 Å². The van der Waals surface area contributed by atoms with Gasteiger partial charge in [0.05, 0.1) is 13.3 Å². The zero-order valence-electron chi connectivity index (χ0n) is 15.0. The monoisotopic (exact) mass is 404 g/mol. The van der Waals surface area contributed by atoms with Gasteiger partial charge in [-0.25, -0.2) is 5.43 Å². The van der Waals surface area contributed by atoms with Crippen molar-refractivity contribution in [3.8, 4) is 11.5 Å². The number of ether oxygens (including phenoxy) is 2. The molecule has 7 heteroatoms. The Hall–Kier alpha value is -2.44. The highest BCUT2D eigenvalue weighted by atomic mass is 35.5. The molecule has 0 saturated carbocycles. The molecule has 0 aliphatic rings. The van der Waals surface area contributed by atoms with Crippen molar-refractivity contribution in [1.82, 2.24) is 5.43 Å². The Kier molecular flexibility index (Phi) is 8.74. The maximum absolute atomic E-state index is 11.9. The zero-order chi connectivity index (χ0) is 19.5. The number of methoxy groups -OCH3 is 1. The van der Waals surface area contributed by atoms with Crippen LogP contribution >= 0.6 is 23.4 Å². The van der Waals surface area contributed by atoms with Gasteiger partial charge in [-0.3, -0.25) is 4.79 Å². The Balaban J connectivity index is 1.79. The third kappa shape index (κ3) is 7.37. The number of hydrazone groups is 1. The lowest BCUT2D eigenvalue weighted by molar-refractivity contribution is -0.120. The molecule has 0 heterocycles. The Morgan fingerprint density at radius 2 is 2.04 bits per heavy atom. The van der Waals surface area contributed by atoms with Gasteiger partial charge >= 0.3 is 0 Å². The lowest BCUT2D eigenvalue weighted by atomic mass is 10.2. The molecule has 0 spiro atoms. The van der Waals surface area contributed by atoms with Crippen molar-refractivity contribution in [2.24, 2.45) is 5.10 Å². The lowest BCUT2D eigenvalue weighted by Crippen LogP contribution is -2.17. The van der Waals surface area contributed by atoms with Gasteiger partial charge in [-0.2, -0.15) is 5.10 Å². The van der Waals surface area contributed by atoms with Crippen LogP contribution in [-0.2, 0) is 4.79 Å². The number of halogens is 1. The van der Waals surface area contributed by atoms with Crippen LogP contribution < -0.4 is 14.9 Å². The summed E-state index contributed by atoms with van der Waals surface area (Å²) in [4.78, 5) is 12.9. The summed E-state index contributed by atoms with van der Waals surface area (Å²) in [6.07, 6.45) is 3.59. The first-order valence-corrected chi connectivity index (χ1v) is 9.60. The number of nitrogens with zero attached hydrogens (tertiary/aromatic N) is 1. The van der Waals surface area contributed by atoms with E-state index in [1.807, 2.05) is 30.3 Å². The van der Waals surface area contributed by atoms with Crippen LogP contribution in [0.3, 0.4) is 0 Å². The molecule has 0 aliphatic carbocycles. The van der Waals surface area contributed by atoms with E-state index in [0.717, 1.165) is 10.5 Å². The highest BCUT2D eigenvalue weighted by Crippen LogP contribution is 2.27. The van der Waals surface area contributed by atoms with Crippen molar-refractivity contribution in [1.29, 1.82) is 0 Å². The number of benzene rings is 2. The maximum Gasteiger partial charge on any atom is 0.240 e. The van der Waals surface area contributed by atoms with Gasteiger partial charge in [-0.1, -0.05) is 24.3 Å². The van der Waals surface area contributed by atoms with Crippen molar-refractivity contribution < 1.29 is 14.3 Å². The van der Waals surface area contributed by atoms with E-state index in [1.54, 1.807) is 43.3 Å².